The number of hydrogen-bond acceptors (Lipinski definition) is 5. The van der Waals surface area contributed by atoms with E-state index in [1.165, 1.54) is 10.7 Å². The summed E-state index contributed by atoms with van der Waals surface area (Å²) < 4.78 is 39.6. The molecule has 2 aromatic heterocycles. The molecule has 3 N–H and O–H groups in total. The number of aliphatic hydroxyl groups is 2. The van der Waals surface area contributed by atoms with E-state index in [0.29, 0.717) is 5.56 Å². The highest BCUT2D eigenvalue weighted by Crippen LogP contribution is 2.36. The molecule has 0 aliphatic heterocycles. The van der Waals surface area contributed by atoms with E-state index >= 15 is 0 Å². The zero-order chi connectivity index (χ0) is 19.9. The highest BCUT2D eigenvalue weighted by molar-refractivity contribution is 5.92. The number of hydrogen-bond donors (Lipinski definition) is 3. The van der Waals surface area contributed by atoms with Crippen LogP contribution in [0.2, 0.25) is 0 Å². The molecule has 0 saturated heterocycles. The van der Waals surface area contributed by atoms with Gasteiger partial charge in [-0.05, 0) is 31.0 Å². The molecule has 10 heteroatoms. The molecule has 3 rings (SSSR count). The number of carbonyl (C=O) groups excluding carboxylic acids is 1. The van der Waals surface area contributed by atoms with Crippen LogP contribution < -0.4 is 5.32 Å². The van der Waals surface area contributed by atoms with E-state index < -0.39 is 41.9 Å². The first-order valence-corrected chi connectivity index (χ1v) is 8.28. The molecule has 4 atom stereocenters. The number of halogens is 3. The first-order valence-electron chi connectivity index (χ1n) is 8.28. The van der Waals surface area contributed by atoms with Gasteiger partial charge in [0.15, 0.2) is 0 Å². The average molecular weight is 384 g/mol. The summed E-state index contributed by atoms with van der Waals surface area (Å²) in [6.45, 7) is 1.77. The smallest absolute Gasteiger partial charge is 0.390 e. The molecule has 0 aromatic carbocycles. The van der Waals surface area contributed by atoms with Crippen LogP contribution in [0.1, 0.15) is 39.8 Å². The predicted molar refractivity (Wildman–Crippen MR) is 87.8 cm³/mol. The van der Waals surface area contributed by atoms with Crippen LogP contribution in [0.4, 0.5) is 13.2 Å². The molecule has 2 aromatic rings. The molecule has 1 fully saturated rings. The Hall–Kier alpha value is -2.46. The second-order valence-electron chi connectivity index (χ2n) is 6.67. The van der Waals surface area contributed by atoms with Crippen LogP contribution in [0.5, 0.6) is 0 Å². The van der Waals surface area contributed by atoms with Crippen LogP contribution in [0.25, 0.3) is 0 Å². The monoisotopic (exact) mass is 384 g/mol. The normalized spacial score (nSPS) is 25.6. The zero-order valence-electron chi connectivity index (χ0n) is 14.6. The van der Waals surface area contributed by atoms with Gasteiger partial charge in [0.05, 0.1) is 12.1 Å². The number of alkyl halides is 3. The molecule has 146 valence electrons. The molecule has 7 nitrogen and oxygen atoms in total. The summed E-state index contributed by atoms with van der Waals surface area (Å²) >= 11 is 0. The minimum Gasteiger partial charge on any atom is -0.390 e. The lowest BCUT2D eigenvalue weighted by molar-refractivity contribution is -0.141. The summed E-state index contributed by atoms with van der Waals surface area (Å²) in [5.74, 6) is -1.12. The van der Waals surface area contributed by atoms with Crippen molar-refractivity contribution in [1.29, 1.82) is 0 Å². The third-order valence-electron chi connectivity index (χ3n) is 4.84. The van der Waals surface area contributed by atoms with Crippen molar-refractivity contribution >= 4 is 5.91 Å². The third kappa shape index (κ3) is 3.81. The number of rotatable bonds is 3. The van der Waals surface area contributed by atoms with Crippen molar-refractivity contribution < 1.29 is 28.2 Å². The number of nitrogens with zero attached hydrogens (tertiary/aromatic N) is 3. The Labute approximate surface area is 152 Å². The van der Waals surface area contributed by atoms with E-state index in [1.807, 2.05) is 0 Å². The second kappa shape index (κ2) is 6.93. The molecule has 2 heterocycles. The lowest BCUT2D eigenvalue weighted by atomic mass is 9.94. The molecule has 1 aliphatic rings. The number of aliphatic hydroxyl groups excluding tert-OH is 2. The van der Waals surface area contributed by atoms with Crippen molar-refractivity contribution in [3.05, 3.63) is 47.0 Å². The largest absolute Gasteiger partial charge is 0.433 e. The highest BCUT2D eigenvalue weighted by Gasteiger charge is 2.44. The van der Waals surface area contributed by atoms with Crippen LogP contribution in [-0.4, -0.2) is 49.1 Å². The summed E-state index contributed by atoms with van der Waals surface area (Å²) in [7, 11) is 1.68. The van der Waals surface area contributed by atoms with Gasteiger partial charge in [-0.15, -0.1) is 0 Å². The number of pyridine rings is 1. The summed E-state index contributed by atoms with van der Waals surface area (Å²) in [5.41, 5.74) is 0.263. The molecular formula is C17H19F3N4O3. The van der Waals surface area contributed by atoms with Crippen LogP contribution >= 0.6 is 0 Å². The van der Waals surface area contributed by atoms with E-state index in [9.17, 15) is 28.2 Å². The number of aromatic nitrogens is 3. The summed E-state index contributed by atoms with van der Waals surface area (Å²) in [5, 5.41) is 26.9. The molecule has 27 heavy (non-hydrogen) atoms. The van der Waals surface area contributed by atoms with Gasteiger partial charge in [-0.1, -0.05) is 6.07 Å². The fourth-order valence-corrected chi connectivity index (χ4v) is 3.24. The standard InChI is InChI=1S/C17H19F3N4O3/c1-8-5-11(23-24(8)2)16(27)22-14-10(6-12(25)15(14)26)9-3-4-13(21-7-9)17(18,19)20/h3-5,7,10,12,14-15,25-26H,6H2,1-2H3,(H,22,27). The van der Waals surface area contributed by atoms with Gasteiger partial charge in [-0.2, -0.15) is 18.3 Å². The lowest BCUT2D eigenvalue weighted by Crippen LogP contribution is -2.45. The Balaban J connectivity index is 1.82. The van der Waals surface area contributed by atoms with Gasteiger partial charge in [-0.3, -0.25) is 14.5 Å². The molecule has 0 bridgehead atoms. The molecule has 0 spiro atoms. The highest BCUT2D eigenvalue weighted by atomic mass is 19.4. The SMILES string of the molecule is Cc1cc(C(=O)NC2C(c3ccc(C(F)(F)F)nc3)CC(O)C2O)nn1C. The second-order valence-corrected chi connectivity index (χ2v) is 6.67. The van der Waals surface area contributed by atoms with Crippen molar-refractivity contribution in [3.8, 4) is 0 Å². The summed E-state index contributed by atoms with van der Waals surface area (Å²) in [4.78, 5) is 15.9. The average Bonchev–Trinajstić information content (AvgIpc) is 3.08. The fourth-order valence-electron chi connectivity index (χ4n) is 3.24. The lowest BCUT2D eigenvalue weighted by Gasteiger charge is -2.23. The molecule has 1 aliphatic carbocycles. The number of amides is 1. The van der Waals surface area contributed by atoms with Crippen molar-refractivity contribution in [2.45, 2.75) is 43.7 Å². The molecular weight excluding hydrogens is 365 g/mol. The van der Waals surface area contributed by atoms with Crippen molar-refractivity contribution in [2.24, 2.45) is 7.05 Å². The Morgan fingerprint density at radius 3 is 2.56 bits per heavy atom. The minimum absolute atomic E-state index is 0.0837. The van der Waals surface area contributed by atoms with Gasteiger partial charge in [0.25, 0.3) is 5.91 Å². The first-order chi connectivity index (χ1) is 12.6. The summed E-state index contributed by atoms with van der Waals surface area (Å²) in [6.07, 6.45) is -5.79. The molecule has 0 radical (unpaired) electrons. The van der Waals surface area contributed by atoms with Crippen molar-refractivity contribution in [2.75, 3.05) is 0 Å². The maximum Gasteiger partial charge on any atom is 0.433 e. The van der Waals surface area contributed by atoms with E-state index in [0.717, 1.165) is 18.0 Å². The third-order valence-corrected chi connectivity index (χ3v) is 4.84. The van der Waals surface area contributed by atoms with E-state index in [1.54, 1.807) is 20.0 Å². The topological polar surface area (TPSA) is 100 Å². The van der Waals surface area contributed by atoms with Crippen LogP contribution in [0.15, 0.2) is 24.4 Å². The van der Waals surface area contributed by atoms with Crippen molar-refractivity contribution in [3.63, 3.8) is 0 Å². The van der Waals surface area contributed by atoms with Gasteiger partial charge >= 0.3 is 6.18 Å². The predicted octanol–water partition coefficient (Wildman–Crippen LogP) is 1.15. The quantitative estimate of drug-likeness (QED) is 0.737. The minimum atomic E-state index is -4.56. The first kappa shape index (κ1) is 19.3. The zero-order valence-corrected chi connectivity index (χ0v) is 14.6. The fraction of sp³-hybridized carbons (Fsp3) is 0.471. The van der Waals surface area contributed by atoms with Gasteiger partial charge in [0.2, 0.25) is 0 Å². The van der Waals surface area contributed by atoms with E-state index in [-0.39, 0.29) is 12.1 Å². The molecule has 4 unspecified atom stereocenters. The Kier molecular flexibility index (Phi) is 4.96. The van der Waals surface area contributed by atoms with Gasteiger partial charge in [0.1, 0.15) is 17.5 Å². The maximum absolute atomic E-state index is 12.7. The maximum atomic E-state index is 12.7. The number of carbonyl (C=O) groups is 1. The van der Waals surface area contributed by atoms with Crippen LogP contribution in [0, 0.1) is 6.92 Å². The van der Waals surface area contributed by atoms with Crippen LogP contribution in [-0.2, 0) is 13.2 Å². The van der Waals surface area contributed by atoms with E-state index in [2.05, 4.69) is 15.4 Å². The number of aryl methyl sites for hydroxylation is 2. The number of nitrogens with one attached hydrogen (secondary N) is 1. The molecule has 1 saturated carbocycles. The Morgan fingerprint density at radius 1 is 1.33 bits per heavy atom. The Bertz CT molecular complexity index is 815. The van der Waals surface area contributed by atoms with Crippen molar-refractivity contribution in [1.82, 2.24) is 20.1 Å². The van der Waals surface area contributed by atoms with E-state index in [4.69, 9.17) is 0 Å². The summed E-state index contributed by atoms with van der Waals surface area (Å²) in [6, 6.07) is 2.78. The molecule has 1 amide bonds. The van der Waals surface area contributed by atoms with Gasteiger partial charge < -0.3 is 15.5 Å². The van der Waals surface area contributed by atoms with Crippen LogP contribution in [0.3, 0.4) is 0 Å². The van der Waals surface area contributed by atoms with Gasteiger partial charge in [0, 0.05) is 24.9 Å². The Morgan fingerprint density at radius 2 is 2.04 bits per heavy atom. The van der Waals surface area contributed by atoms with Gasteiger partial charge in [-0.25, -0.2) is 0 Å².